The van der Waals surface area contributed by atoms with Gasteiger partial charge in [0.25, 0.3) is 0 Å². The van der Waals surface area contributed by atoms with E-state index in [9.17, 15) is 9.59 Å². The lowest BCUT2D eigenvalue weighted by Gasteiger charge is -2.29. The fourth-order valence-corrected chi connectivity index (χ4v) is 4.22. The van der Waals surface area contributed by atoms with Crippen molar-refractivity contribution in [3.63, 3.8) is 0 Å². The Labute approximate surface area is 140 Å². The molecule has 2 aliphatic rings. The Morgan fingerprint density at radius 2 is 1.79 bits per heavy atom. The molecule has 0 radical (unpaired) electrons. The summed E-state index contributed by atoms with van der Waals surface area (Å²) in [5.74, 6) is -1.64. The van der Waals surface area contributed by atoms with Crippen LogP contribution >= 0.6 is 0 Å². The van der Waals surface area contributed by atoms with Gasteiger partial charge in [0.2, 0.25) is 0 Å². The van der Waals surface area contributed by atoms with Crippen molar-refractivity contribution >= 4 is 11.9 Å². The fourth-order valence-electron chi connectivity index (χ4n) is 4.22. The summed E-state index contributed by atoms with van der Waals surface area (Å²) < 4.78 is 10.7. The van der Waals surface area contributed by atoms with Crippen LogP contribution in [0.2, 0.25) is 0 Å². The second-order valence-corrected chi connectivity index (χ2v) is 6.21. The highest BCUT2D eigenvalue weighted by Gasteiger charge is 2.69. The molecule has 2 aromatic carbocycles. The van der Waals surface area contributed by atoms with Gasteiger partial charge < -0.3 is 9.47 Å². The Kier molecular flexibility index (Phi) is 3.41. The Hall–Kier alpha value is -2.62. The SMILES string of the molecule is CCOC(=O)[C@@]12C(=O)OC[C@@H]1c1ccccc1C2c1ccccc1. The van der Waals surface area contributed by atoms with Gasteiger partial charge in [0.15, 0.2) is 5.41 Å². The van der Waals surface area contributed by atoms with Gasteiger partial charge in [0, 0.05) is 11.8 Å². The fraction of sp³-hybridized carbons (Fsp3) is 0.300. The summed E-state index contributed by atoms with van der Waals surface area (Å²) in [5.41, 5.74) is 1.63. The smallest absolute Gasteiger partial charge is 0.325 e. The van der Waals surface area contributed by atoms with Crippen molar-refractivity contribution in [1.29, 1.82) is 0 Å². The van der Waals surface area contributed by atoms with Crippen LogP contribution < -0.4 is 0 Å². The summed E-state index contributed by atoms with van der Waals surface area (Å²) >= 11 is 0. The van der Waals surface area contributed by atoms with E-state index in [0.717, 1.165) is 16.7 Å². The number of hydrogen-bond donors (Lipinski definition) is 0. The third-order valence-corrected chi connectivity index (χ3v) is 5.15. The Morgan fingerprint density at radius 3 is 2.50 bits per heavy atom. The molecule has 3 atom stereocenters. The predicted molar refractivity (Wildman–Crippen MR) is 87.5 cm³/mol. The third kappa shape index (κ3) is 1.80. The van der Waals surface area contributed by atoms with E-state index in [1.807, 2.05) is 54.6 Å². The maximum Gasteiger partial charge on any atom is 0.325 e. The van der Waals surface area contributed by atoms with Gasteiger partial charge in [-0.05, 0) is 23.6 Å². The van der Waals surface area contributed by atoms with Crippen LogP contribution in [0.4, 0.5) is 0 Å². The molecule has 4 rings (SSSR count). The minimum absolute atomic E-state index is 0.220. The van der Waals surface area contributed by atoms with Gasteiger partial charge in [-0.2, -0.15) is 0 Å². The minimum Gasteiger partial charge on any atom is -0.465 e. The number of fused-ring (bicyclic) bond motifs is 3. The first kappa shape index (κ1) is 14.9. The molecule has 4 heteroatoms. The van der Waals surface area contributed by atoms with E-state index in [0.29, 0.717) is 0 Å². The van der Waals surface area contributed by atoms with E-state index in [-0.39, 0.29) is 25.0 Å². The van der Waals surface area contributed by atoms with E-state index < -0.39 is 17.4 Å². The van der Waals surface area contributed by atoms with Gasteiger partial charge in [0.1, 0.15) is 0 Å². The van der Waals surface area contributed by atoms with Crippen LogP contribution in [0.3, 0.4) is 0 Å². The number of hydrogen-bond acceptors (Lipinski definition) is 4. The molecule has 1 aliphatic heterocycles. The molecule has 1 aliphatic carbocycles. The normalized spacial score (nSPS) is 27.3. The summed E-state index contributed by atoms with van der Waals surface area (Å²) in [4.78, 5) is 25.8. The van der Waals surface area contributed by atoms with Crippen LogP contribution in [0.15, 0.2) is 54.6 Å². The molecule has 122 valence electrons. The number of esters is 2. The second kappa shape index (κ2) is 5.48. The van der Waals surface area contributed by atoms with Gasteiger partial charge in [-0.1, -0.05) is 54.6 Å². The molecule has 0 aromatic heterocycles. The van der Waals surface area contributed by atoms with Gasteiger partial charge in [-0.3, -0.25) is 9.59 Å². The molecule has 1 unspecified atom stereocenters. The molecule has 0 bridgehead atoms. The topological polar surface area (TPSA) is 52.6 Å². The first-order valence-corrected chi connectivity index (χ1v) is 8.19. The van der Waals surface area contributed by atoms with Crippen LogP contribution in [0, 0.1) is 5.41 Å². The van der Waals surface area contributed by atoms with Crippen molar-refractivity contribution in [3.05, 3.63) is 71.3 Å². The van der Waals surface area contributed by atoms with Crippen LogP contribution in [-0.2, 0) is 19.1 Å². The highest BCUT2D eigenvalue weighted by Crippen LogP contribution is 2.61. The van der Waals surface area contributed by atoms with Crippen LogP contribution in [-0.4, -0.2) is 25.2 Å². The molecule has 1 fully saturated rings. The van der Waals surface area contributed by atoms with Crippen LogP contribution in [0.1, 0.15) is 35.4 Å². The quantitative estimate of drug-likeness (QED) is 0.644. The molecule has 1 saturated heterocycles. The number of carbonyl (C=O) groups excluding carboxylic acids is 2. The Balaban J connectivity index is 1.99. The van der Waals surface area contributed by atoms with Gasteiger partial charge in [-0.25, -0.2) is 0 Å². The summed E-state index contributed by atoms with van der Waals surface area (Å²) in [6, 6.07) is 17.5. The third-order valence-electron chi connectivity index (χ3n) is 5.15. The summed E-state index contributed by atoms with van der Waals surface area (Å²) in [6.07, 6.45) is 0. The average Bonchev–Trinajstić information content (AvgIpc) is 3.10. The van der Waals surface area contributed by atoms with Crippen molar-refractivity contribution in [1.82, 2.24) is 0 Å². The minimum atomic E-state index is -1.32. The van der Waals surface area contributed by atoms with E-state index in [1.165, 1.54) is 0 Å². The lowest BCUT2D eigenvalue weighted by molar-refractivity contribution is -0.165. The van der Waals surface area contributed by atoms with Crippen LogP contribution in [0.5, 0.6) is 0 Å². The maximum atomic E-state index is 13.0. The molecule has 2 aromatic rings. The monoisotopic (exact) mass is 322 g/mol. The molecule has 24 heavy (non-hydrogen) atoms. The van der Waals surface area contributed by atoms with Gasteiger partial charge in [-0.15, -0.1) is 0 Å². The van der Waals surface area contributed by atoms with Crippen molar-refractivity contribution in [2.75, 3.05) is 13.2 Å². The van der Waals surface area contributed by atoms with E-state index in [2.05, 4.69) is 0 Å². The molecule has 4 nitrogen and oxygen atoms in total. The number of cyclic esters (lactones) is 1. The van der Waals surface area contributed by atoms with Crippen molar-refractivity contribution < 1.29 is 19.1 Å². The maximum absolute atomic E-state index is 13.0. The van der Waals surface area contributed by atoms with E-state index in [1.54, 1.807) is 6.92 Å². The summed E-state index contributed by atoms with van der Waals surface area (Å²) in [6.45, 7) is 2.21. The van der Waals surface area contributed by atoms with Gasteiger partial charge in [0.05, 0.1) is 13.2 Å². The lowest BCUT2D eigenvalue weighted by Crippen LogP contribution is -2.43. The molecule has 0 amide bonds. The molecular formula is C20H18O4. The summed E-state index contributed by atoms with van der Waals surface area (Å²) in [7, 11) is 0. The first-order chi connectivity index (χ1) is 11.7. The Morgan fingerprint density at radius 1 is 1.12 bits per heavy atom. The van der Waals surface area contributed by atoms with Crippen molar-refractivity contribution in [2.24, 2.45) is 5.41 Å². The zero-order chi connectivity index (χ0) is 16.7. The lowest BCUT2D eigenvalue weighted by atomic mass is 9.69. The predicted octanol–water partition coefficient (Wildman–Crippen LogP) is 3.02. The number of ether oxygens (including phenoxy) is 2. The highest BCUT2D eigenvalue weighted by atomic mass is 16.6. The molecule has 0 spiro atoms. The standard InChI is InChI=1S/C20H18O4/c1-2-23-18(21)20-16(12-24-19(20)22)14-10-6-7-11-15(14)17(20)13-8-4-3-5-9-13/h3-11,16-17H,2,12H2,1H3/t16-,17?,20-/m1/s1. The van der Waals surface area contributed by atoms with Crippen molar-refractivity contribution in [3.8, 4) is 0 Å². The first-order valence-electron chi connectivity index (χ1n) is 8.19. The Bertz CT molecular complexity index is 798. The average molecular weight is 322 g/mol. The van der Waals surface area contributed by atoms with Crippen molar-refractivity contribution in [2.45, 2.75) is 18.8 Å². The molecule has 0 saturated carbocycles. The highest BCUT2D eigenvalue weighted by molar-refractivity contribution is 6.05. The van der Waals surface area contributed by atoms with E-state index >= 15 is 0 Å². The molecular weight excluding hydrogens is 304 g/mol. The zero-order valence-corrected chi connectivity index (χ0v) is 13.4. The van der Waals surface area contributed by atoms with Gasteiger partial charge >= 0.3 is 11.9 Å². The largest absolute Gasteiger partial charge is 0.465 e. The van der Waals surface area contributed by atoms with E-state index in [4.69, 9.17) is 9.47 Å². The zero-order valence-electron chi connectivity index (χ0n) is 13.4. The number of rotatable bonds is 3. The number of benzene rings is 2. The molecule has 0 N–H and O–H groups in total. The summed E-state index contributed by atoms with van der Waals surface area (Å²) in [5, 5.41) is 0. The number of carbonyl (C=O) groups is 2. The molecule has 1 heterocycles. The second-order valence-electron chi connectivity index (χ2n) is 6.21. The van der Waals surface area contributed by atoms with Crippen LogP contribution in [0.25, 0.3) is 0 Å².